The van der Waals surface area contributed by atoms with Gasteiger partial charge in [-0.25, -0.2) is 0 Å². The Morgan fingerprint density at radius 3 is 2.26 bits per heavy atom. The van der Waals surface area contributed by atoms with Crippen LogP contribution in [-0.4, -0.2) is 13.6 Å². The van der Waals surface area contributed by atoms with Crippen molar-refractivity contribution in [1.82, 2.24) is 5.32 Å². The van der Waals surface area contributed by atoms with Gasteiger partial charge in [0, 0.05) is 29.3 Å². The zero-order valence-corrected chi connectivity index (χ0v) is 26.2. The molecule has 0 bridgehead atoms. The van der Waals surface area contributed by atoms with E-state index >= 15 is 0 Å². The molecule has 0 amide bonds. The second-order valence-electron chi connectivity index (χ2n) is 9.98. The number of hydrogen-bond donors (Lipinski definition) is 2. The van der Waals surface area contributed by atoms with Gasteiger partial charge in [0.25, 0.3) is 0 Å². The first-order valence-electron chi connectivity index (χ1n) is 15.2. The largest absolute Gasteiger partial charge is 0.398 e. The van der Waals surface area contributed by atoms with Crippen LogP contribution in [0, 0.1) is 30.6 Å². The minimum Gasteiger partial charge on any atom is -0.398 e. The van der Waals surface area contributed by atoms with Crippen molar-refractivity contribution in [3.05, 3.63) is 76.4 Å². The minimum atomic E-state index is 0.638. The Balaban J connectivity index is 0.000000891. The van der Waals surface area contributed by atoms with Gasteiger partial charge in [0.2, 0.25) is 0 Å². The molecule has 2 aromatic carbocycles. The van der Waals surface area contributed by atoms with E-state index in [2.05, 4.69) is 81.3 Å². The van der Waals surface area contributed by atoms with E-state index in [0.29, 0.717) is 5.92 Å². The van der Waals surface area contributed by atoms with E-state index < -0.39 is 0 Å². The van der Waals surface area contributed by atoms with Crippen LogP contribution in [0.2, 0.25) is 0 Å². The van der Waals surface area contributed by atoms with E-state index in [0.717, 1.165) is 35.7 Å². The quantitative estimate of drug-likeness (QED) is 0.243. The van der Waals surface area contributed by atoms with E-state index in [9.17, 15) is 0 Å². The van der Waals surface area contributed by atoms with Gasteiger partial charge < -0.3 is 11.1 Å². The molecule has 0 heterocycles. The number of likely N-dealkylation sites (N-methyl/N-ethyl adjacent to an activating group) is 1. The van der Waals surface area contributed by atoms with Gasteiger partial charge in [-0.3, -0.25) is 0 Å². The Bertz CT molecular complexity index is 955. The second-order valence-corrected chi connectivity index (χ2v) is 9.98. The normalized spacial score (nSPS) is 12.1. The number of aryl methyl sites for hydroxylation is 1. The lowest BCUT2D eigenvalue weighted by atomic mass is 9.94. The summed E-state index contributed by atoms with van der Waals surface area (Å²) in [6.07, 6.45) is 12.5. The smallest absolute Gasteiger partial charge is 0.0362 e. The third-order valence-electron chi connectivity index (χ3n) is 6.21. The molecular weight excluding hydrogens is 460 g/mol. The topological polar surface area (TPSA) is 38.0 Å². The summed E-state index contributed by atoms with van der Waals surface area (Å²) in [6.45, 7) is 17.8. The van der Waals surface area contributed by atoms with Crippen molar-refractivity contribution in [3.63, 3.8) is 0 Å². The van der Waals surface area contributed by atoms with Crippen molar-refractivity contribution in [2.24, 2.45) is 17.6 Å². The summed E-state index contributed by atoms with van der Waals surface area (Å²) < 4.78 is 0. The summed E-state index contributed by atoms with van der Waals surface area (Å²) in [6, 6.07) is 14.9. The fourth-order valence-electron chi connectivity index (χ4n) is 3.85. The van der Waals surface area contributed by atoms with Crippen LogP contribution in [0.25, 0.3) is 5.70 Å². The van der Waals surface area contributed by atoms with Crippen molar-refractivity contribution in [2.45, 2.75) is 107 Å². The number of rotatable bonds is 10. The van der Waals surface area contributed by atoms with Crippen LogP contribution in [0.3, 0.4) is 0 Å². The number of benzene rings is 2. The molecule has 1 aliphatic carbocycles. The van der Waals surface area contributed by atoms with E-state index in [1.807, 2.05) is 46.9 Å². The molecule has 0 aliphatic heterocycles. The SMILES string of the molecule is CC.CC.CCCCCCC(C)C.CNC/C=C(/N)c1ccccc1Cc1ccc(C#CC2CC2)cc1C. The molecule has 38 heavy (non-hydrogen) atoms. The molecule has 1 fully saturated rings. The van der Waals surface area contributed by atoms with E-state index in [4.69, 9.17) is 5.73 Å². The van der Waals surface area contributed by atoms with Gasteiger partial charge in [-0.15, -0.1) is 0 Å². The second kappa shape index (κ2) is 22.5. The van der Waals surface area contributed by atoms with Crippen molar-refractivity contribution >= 4 is 5.70 Å². The van der Waals surface area contributed by atoms with Gasteiger partial charge in [-0.1, -0.05) is 123 Å². The van der Waals surface area contributed by atoms with Crippen molar-refractivity contribution in [1.29, 1.82) is 0 Å². The third-order valence-corrected chi connectivity index (χ3v) is 6.21. The lowest BCUT2D eigenvalue weighted by Gasteiger charge is -2.12. The molecule has 2 aromatic rings. The van der Waals surface area contributed by atoms with Gasteiger partial charge in [0.1, 0.15) is 0 Å². The lowest BCUT2D eigenvalue weighted by Crippen LogP contribution is -2.09. The Morgan fingerprint density at radius 2 is 1.68 bits per heavy atom. The number of hydrogen-bond acceptors (Lipinski definition) is 2. The molecule has 0 atom stereocenters. The van der Waals surface area contributed by atoms with Crippen LogP contribution in [0.4, 0.5) is 0 Å². The molecule has 3 N–H and O–H groups in total. The molecule has 0 saturated heterocycles. The summed E-state index contributed by atoms with van der Waals surface area (Å²) in [5.74, 6) is 8.18. The van der Waals surface area contributed by atoms with Gasteiger partial charge >= 0.3 is 0 Å². The highest BCUT2D eigenvalue weighted by molar-refractivity contribution is 5.66. The number of nitrogens with two attached hydrogens (primary N) is 1. The maximum Gasteiger partial charge on any atom is 0.0362 e. The molecule has 212 valence electrons. The minimum absolute atomic E-state index is 0.638. The van der Waals surface area contributed by atoms with Gasteiger partial charge in [0.15, 0.2) is 0 Å². The summed E-state index contributed by atoms with van der Waals surface area (Å²) in [4.78, 5) is 0. The molecule has 0 radical (unpaired) electrons. The van der Waals surface area contributed by atoms with E-state index in [-0.39, 0.29) is 0 Å². The first-order valence-corrected chi connectivity index (χ1v) is 15.2. The average molecular weight is 519 g/mol. The molecule has 0 spiro atoms. The van der Waals surface area contributed by atoms with Crippen LogP contribution in [0.5, 0.6) is 0 Å². The number of unbranched alkanes of at least 4 members (excludes halogenated alkanes) is 3. The first-order chi connectivity index (χ1) is 18.4. The molecule has 2 nitrogen and oxygen atoms in total. The fourth-order valence-corrected chi connectivity index (χ4v) is 3.85. The average Bonchev–Trinajstić information content (AvgIpc) is 3.77. The number of nitrogens with one attached hydrogen (secondary N) is 1. The molecule has 3 rings (SSSR count). The van der Waals surface area contributed by atoms with Crippen LogP contribution in [0.15, 0.2) is 48.5 Å². The maximum atomic E-state index is 6.27. The van der Waals surface area contributed by atoms with E-state index in [1.165, 1.54) is 61.6 Å². The Hall–Kier alpha value is -2.50. The summed E-state index contributed by atoms with van der Waals surface area (Å²) in [5, 5.41) is 3.11. The van der Waals surface area contributed by atoms with Crippen LogP contribution < -0.4 is 11.1 Å². The van der Waals surface area contributed by atoms with Crippen molar-refractivity contribution in [2.75, 3.05) is 13.6 Å². The Kier molecular flexibility index (Phi) is 21.0. The molecule has 0 unspecified atom stereocenters. The third kappa shape index (κ3) is 15.7. The highest BCUT2D eigenvalue weighted by Crippen LogP contribution is 2.28. The van der Waals surface area contributed by atoms with Gasteiger partial charge in [0.05, 0.1) is 0 Å². The van der Waals surface area contributed by atoms with E-state index in [1.54, 1.807) is 0 Å². The molecule has 1 aliphatic rings. The standard InChI is InChI=1S/C23H26N2.C9H20.2C2H6/c1-17-15-19(10-9-18-7-8-18)11-12-20(17)16-21-5-3-4-6-22(21)23(24)13-14-25-2;1-4-5-6-7-8-9(2)3;2*1-2/h3-6,11-13,15,18,25H,7-8,14,16,24H2,1-2H3;9H,4-8H2,1-3H3;2*1-2H3/b23-13+;;;. The predicted molar refractivity (Wildman–Crippen MR) is 172 cm³/mol. The van der Waals surface area contributed by atoms with Crippen LogP contribution in [-0.2, 0) is 6.42 Å². The highest BCUT2D eigenvalue weighted by Gasteiger charge is 2.17. The summed E-state index contributed by atoms with van der Waals surface area (Å²) >= 11 is 0. The lowest BCUT2D eigenvalue weighted by molar-refractivity contribution is 0.525. The monoisotopic (exact) mass is 518 g/mol. The zero-order chi connectivity index (χ0) is 28.8. The van der Waals surface area contributed by atoms with Crippen LogP contribution >= 0.6 is 0 Å². The highest BCUT2D eigenvalue weighted by atomic mass is 14.8. The first kappa shape index (κ1) is 35.5. The molecule has 0 aromatic heterocycles. The maximum absolute atomic E-state index is 6.27. The Labute approximate surface area is 236 Å². The van der Waals surface area contributed by atoms with Gasteiger partial charge in [-0.05, 0) is 74.1 Å². The van der Waals surface area contributed by atoms with Gasteiger partial charge in [-0.2, -0.15) is 0 Å². The van der Waals surface area contributed by atoms with Crippen molar-refractivity contribution in [3.8, 4) is 11.8 Å². The summed E-state index contributed by atoms with van der Waals surface area (Å²) in [5.41, 5.74) is 13.2. The zero-order valence-electron chi connectivity index (χ0n) is 26.2. The summed E-state index contributed by atoms with van der Waals surface area (Å²) in [7, 11) is 1.92. The molecule has 1 saturated carbocycles. The Morgan fingerprint density at radius 1 is 1.00 bits per heavy atom. The molecular formula is C36H58N2. The predicted octanol–water partition coefficient (Wildman–Crippen LogP) is 9.53. The fraction of sp³-hybridized carbons (Fsp3) is 0.556. The van der Waals surface area contributed by atoms with Crippen molar-refractivity contribution < 1.29 is 0 Å². The van der Waals surface area contributed by atoms with Crippen LogP contribution in [0.1, 0.15) is 121 Å². The molecule has 2 heteroatoms.